The summed E-state index contributed by atoms with van der Waals surface area (Å²) >= 11 is 1.23. The third kappa shape index (κ3) is 4.22. The summed E-state index contributed by atoms with van der Waals surface area (Å²) < 4.78 is 6.60. The maximum atomic E-state index is 12.3. The number of carbonyl (C=O) groups is 1. The Morgan fingerprint density at radius 1 is 1.22 bits per heavy atom. The van der Waals surface area contributed by atoms with Crippen molar-refractivity contribution in [3.63, 3.8) is 0 Å². The van der Waals surface area contributed by atoms with E-state index in [0.717, 1.165) is 22.4 Å². The Morgan fingerprint density at radius 3 is 2.78 bits per heavy atom. The van der Waals surface area contributed by atoms with Crippen LogP contribution in [0, 0.1) is 13.8 Å². The van der Waals surface area contributed by atoms with E-state index in [1.54, 1.807) is 7.11 Å². The Hall–Kier alpha value is -3.00. The van der Waals surface area contributed by atoms with Crippen LogP contribution in [0.2, 0.25) is 0 Å². The van der Waals surface area contributed by atoms with Crippen LogP contribution in [0.5, 0.6) is 5.75 Å². The molecule has 1 amide bonds. The summed E-state index contributed by atoms with van der Waals surface area (Å²) in [4.78, 5) is 12.3. The molecule has 0 spiro atoms. The van der Waals surface area contributed by atoms with E-state index >= 15 is 0 Å². The van der Waals surface area contributed by atoms with Gasteiger partial charge in [0.1, 0.15) is 5.75 Å². The van der Waals surface area contributed by atoms with Crippen molar-refractivity contribution in [2.75, 3.05) is 24.0 Å². The first-order valence-electron chi connectivity index (χ1n) is 8.33. The highest BCUT2D eigenvalue weighted by molar-refractivity contribution is 7.99. The summed E-state index contributed by atoms with van der Waals surface area (Å²) in [5.74, 6) is 7.38. The minimum Gasteiger partial charge on any atom is -0.497 e. The molecule has 27 heavy (non-hydrogen) atoms. The predicted octanol–water partition coefficient (Wildman–Crippen LogP) is 3.02. The number of benzene rings is 2. The second-order valence-corrected chi connectivity index (χ2v) is 6.93. The Kier molecular flexibility index (Phi) is 5.66. The van der Waals surface area contributed by atoms with Crippen LogP contribution in [0.3, 0.4) is 0 Å². The summed E-state index contributed by atoms with van der Waals surface area (Å²) in [5.41, 5.74) is 3.78. The molecule has 0 aliphatic heterocycles. The second-order valence-electron chi connectivity index (χ2n) is 5.99. The quantitative estimate of drug-likeness (QED) is 0.502. The number of hydrogen-bond acceptors (Lipinski definition) is 6. The highest BCUT2D eigenvalue weighted by Crippen LogP contribution is 2.25. The number of methoxy groups -OCH3 is 1. The van der Waals surface area contributed by atoms with Gasteiger partial charge >= 0.3 is 0 Å². The van der Waals surface area contributed by atoms with Gasteiger partial charge in [-0.2, -0.15) is 0 Å². The Morgan fingerprint density at radius 2 is 2.00 bits per heavy atom. The molecular weight excluding hydrogens is 362 g/mol. The van der Waals surface area contributed by atoms with Crippen LogP contribution in [0.15, 0.2) is 47.6 Å². The molecular formula is C19H21N5O2S. The smallest absolute Gasteiger partial charge is 0.234 e. The lowest BCUT2D eigenvalue weighted by Gasteiger charge is -2.10. The molecule has 0 radical (unpaired) electrons. The molecule has 0 aliphatic carbocycles. The Balaban J connectivity index is 1.67. The van der Waals surface area contributed by atoms with E-state index in [1.807, 2.05) is 56.3 Å². The molecule has 1 heterocycles. The molecule has 0 bridgehead atoms. The molecule has 0 aliphatic rings. The van der Waals surface area contributed by atoms with Crippen molar-refractivity contribution in [2.24, 2.45) is 0 Å². The van der Waals surface area contributed by atoms with Crippen LogP contribution in [0.1, 0.15) is 11.1 Å². The maximum Gasteiger partial charge on any atom is 0.234 e. The monoisotopic (exact) mass is 383 g/mol. The van der Waals surface area contributed by atoms with E-state index in [4.69, 9.17) is 10.6 Å². The number of nitrogen functional groups attached to an aromatic ring is 1. The van der Waals surface area contributed by atoms with Gasteiger partial charge in [-0.25, -0.2) is 4.68 Å². The highest BCUT2D eigenvalue weighted by atomic mass is 32.2. The molecule has 2 aromatic carbocycles. The minimum atomic E-state index is -0.125. The van der Waals surface area contributed by atoms with Gasteiger partial charge in [0.15, 0.2) is 5.82 Å². The maximum absolute atomic E-state index is 12.3. The van der Waals surface area contributed by atoms with E-state index < -0.39 is 0 Å². The van der Waals surface area contributed by atoms with Gasteiger partial charge in [-0.05, 0) is 43.2 Å². The van der Waals surface area contributed by atoms with Crippen molar-refractivity contribution in [3.05, 3.63) is 53.6 Å². The standard InChI is InChI=1S/C19H21N5O2S/c1-12-6-4-9-16(13(12)2)21-17(25)11-27-19-23-22-18(24(19)20)14-7-5-8-15(10-14)26-3/h4-10H,11,20H2,1-3H3,(H,21,25). The number of nitrogens with zero attached hydrogens (tertiary/aromatic N) is 3. The van der Waals surface area contributed by atoms with Crippen molar-refractivity contribution in [1.29, 1.82) is 0 Å². The summed E-state index contributed by atoms with van der Waals surface area (Å²) in [7, 11) is 1.60. The zero-order valence-electron chi connectivity index (χ0n) is 15.4. The molecule has 1 aromatic heterocycles. The molecule has 7 nitrogen and oxygen atoms in total. The number of hydrogen-bond donors (Lipinski definition) is 2. The molecule has 0 unspecified atom stereocenters. The van der Waals surface area contributed by atoms with Gasteiger partial charge in [0.2, 0.25) is 11.1 Å². The lowest BCUT2D eigenvalue weighted by Crippen LogP contribution is -2.17. The number of aromatic nitrogens is 3. The number of ether oxygens (including phenoxy) is 1. The largest absolute Gasteiger partial charge is 0.497 e. The fourth-order valence-corrected chi connectivity index (χ4v) is 3.19. The van der Waals surface area contributed by atoms with Crippen molar-refractivity contribution >= 4 is 23.4 Å². The van der Waals surface area contributed by atoms with Gasteiger partial charge in [0.05, 0.1) is 12.9 Å². The number of carbonyl (C=O) groups excluding carboxylic acids is 1. The number of amides is 1. The van der Waals surface area contributed by atoms with Gasteiger partial charge in [-0.15, -0.1) is 10.2 Å². The number of anilines is 1. The van der Waals surface area contributed by atoms with Crippen LogP contribution in [-0.2, 0) is 4.79 Å². The minimum absolute atomic E-state index is 0.125. The molecule has 0 saturated heterocycles. The summed E-state index contributed by atoms with van der Waals surface area (Å²) in [6.45, 7) is 3.99. The van der Waals surface area contributed by atoms with Crippen molar-refractivity contribution < 1.29 is 9.53 Å². The first-order valence-corrected chi connectivity index (χ1v) is 9.32. The van der Waals surface area contributed by atoms with Crippen molar-refractivity contribution in [1.82, 2.24) is 14.9 Å². The van der Waals surface area contributed by atoms with Crippen LogP contribution in [0.4, 0.5) is 5.69 Å². The lowest BCUT2D eigenvalue weighted by molar-refractivity contribution is -0.113. The molecule has 140 valence electrons. The zero-order valence-corrected chi connectivity index (χ0v) is 16.2. The Bertz CT molecular complexity index is 970. The fraction of sp³-hybridized carbons (Fsp3) is 0.211. The SMILES string of the molecule is COc1cccc(-c2nnc(SCC(=O)Nc3cccc(C)c3C)n2N)c1. The van der Waals surface area contributed by atoms with Gasteiger partial charge in [0, 0.05) is 11.3 Å². The molecule has 3 aromatic rings. The molecule has 0 saturated carbocycles. The van der Waals surface area contributed by atoms with Crippen LogP contribution < -0.4 is 15.9 Å². The molecule has 0 fully saturated rings. The first kappa shape index (κ1) is 18.8. The zero-order chi connectivity index (χ0) is 19.4. The van der Waals surface area contributed by atoms with Crippen molar-refractivity contribution in [2.45, 2.75) is 19.0 Å². The third-order valence-corrected chi connectivity index (χ3v) is 5.15. The molecule has 8 heteroatoms. The first-order chi connectivity index (χ1) is 13.0. The van der Waals surface area contributed by atoms with Gasteiger partial charge in [-0.3, -0.25) is 4.79 Å². The van der Waals surface area contributed by atoms with Crippen LogP contribution in [0.25, 0.3) is 11.4 Å². The van der Waals surface area contributed by atoms with E-state index in [1.165, 1.54) is 16.4 Å². The van der Waals surface area contributed by atoms with E-state index in [2.05, 4.69) is 15.5 Å². The highest BCUT2D eigenvalue weighted by Gasteiger charge is 2.15. The molecule has 3 N–H and O–H groups in total. The number of nitrogens with one attached hydrogen (secondary N) is 1. The third-order valence-electron chi connectivity index (χ3n) is 4.20. The number of nitrogens with two attached hydrogens (primary N) is 1. The number of rotatable bonds is 6. The van der Waals surface area contributed by atoms with Crippen LogP contribution in [-0.4, -0.2) is 33.6 Å². The van der Waals surface area contributed by atoms with E-state index in [9.17, 15) is 4.79 Å². The normalized spacial score (nSPS) is 10.6. The van der Waals surface area contributed by atoms with Gasteiger partial charge in [0.25, 0.3) is 0 Å². The number of aryl methyl sites for hydroxylation is 1. The predicted molar refractivity (Wildman–Crippen MR) is 107 cm³/mol. The summed E-state index contributed by atoms with van der Waals surface area (Å²) in [5, 5.41) is 11.6. The van der Waals surface area contributed by atoms with E-state index in [-0.39, 0.29) is 11.7 Å². The van der Waals surface area contributed by atoms with E-state index in [0.29, 0.717) is 16.7 Å². The van der Waals surface area contributed by atoms with Crippen LogP contribution >= 0.6 is 11.8 Å². The Labute approximate surface area is 161 Å². The average Bonchev–Trinajstić information content (AvgIpc) is 3.04. The average molecular weight is 383 g/mol. The topological polar surface area (TPSA) is 95.1 Å². The lowest BCUT2D eigenvalue weighted by atomic mass is 10.1. The molecule has 0 atom stereocenters. The summed E-state index contributed by atoms with van der Waals surface area (Å²) in [6.07, 6.45) is 0. The van der Waals surface area contributed by atoms with Gasteiger partial charge in [-0.1, -0.05) is 36.0 Å². The summed E-state index contributed by atoms with van der Waals surface area (Å²) in [6, 6.07) is 13.2. The molecule has 3 rings (SSSR count). The number of thioether (sulfide) groups is 1. The fourth-order valence-electron chi connectivity index (χ4n) is 2.54. The van der Waals surface area contributed by atoms with Gasteiger partial charge < -0.3 is 15.9 Å². The second kappa shape index (κ2) is 8.13. The van der Waals surface area contributed by atoms with Crippen molar-refractivity contribution in [3.8, 4) is 17.1 Å².